The van der Waals surface area contributed by atoms with Crippen molar-refractivity contribution in [3.05, 3.63) is 78.4 Å². The van der Waals surface area contributed by atoms with Crippen LogP contribution in [0.25, 0.3) is 0 Å². The highest BCUT2D eigenvalue weighted by atomic mass is 16.1. The average Bonchev–Trinajstić information content (AvgIpc) is 2.68. The molecule has 2 N–H and O–H groups in total. The number of nitrogens with zero attached hydrogens (tertiary/aromatic N) is 3. The Morgan fingerprint density at radius 1 is 0.962 bits per heavy atom. The Hall–Kier alpha value is -3.41. The van der Waals surface area contributed by atoms with Crippen molar-refractivity contribution in [3.8, 4) is 0 Å². The van der Waals surface area contributed by atoms with Crippen LogP contribution in [-0.4, -0.2) is 30.0 Å². The molecule has 0 atom stereocenters. The smallest absolute Gasteiger partial charge is 0.270 e. The molecule has 6 nitrogen and oxygen atoms in total. The second-order valence-electron chi connectivity index (χ2n) is 6.00. The summed E-state index contributed by atoms with van der Waals surface area (Å²) in [6, 6.07) is 17.2. The Bertz CT molecular complexity index is 846. The van der Waals surface area contributed by atoms with E-state index in [1.54, 1.807) is 18.5 Å². The van der Waals surface area contributed by atoms with E-state index in [4.69, 9.17) is 0 Å². The lowest BCUT2D eigenvalue weighted by Gasteiger charge is -2.13. The van der Waals surface area contributed by atoms with Gasteiger partial charge < -0.3 is 15.5 Å². The number of rotatable bonds is 6. The van der Waals surface area contributed by atoms with Crippen LogP contribution in [0, 0.1) is 0 Å². The van der Waals surface area contributed by atoms with Gasteiger partial charge in [-0.3, -0.25) is 9.78 Å². The first-order valence-electron chi connectivity index (χ1n) is 8.30. The molecule has 1 aromatic carbocycles. The number of carbonyl (C=O) groups excluding carboxylic acids is 1. The Balaban J connectivity index is 1.58. The minimum atomic E-state index is -0.225. The molecule has 0 unspecified atom stereocenters. The maximum absolute atomic E-state index is 12.2. The normalized spacial score (nSPS) is 10.2. The van der Waals surface area contributed by atoms with Crippen molar-refractivity contribution in [1.82, 2.24) is 15.3 Å². The third-order valence-electron chi connectivity index (χ3n) is 3.82. The molecule has 0 aliphatic heterocycles. The second kappa shape index (κ2) is 8.11. The first kappa shape index (κ1) is 17.4. The van der Waals surface area contributed by atoms with Crippen molar-refractivity contribution < 1.29 is 4.79 Å². The van der Waals surface area contributed by atoms with Gasteiger partial charge in [0.05, 0.1) is 24.1 Å². The van der Waals surface area contributed by atoms with E-state index < -0.39 is 0 Å². The fraction of sp³-hybridized carbons (Fsp3) is 0.150. The van der Waals surface area contributed by atoms with Gasteiger partial charge in [-0.05, 0) is 48.5 Å². The lowest BCUT2D eigenvalue weighted by molar-refractivity contribution is 0.0945. The van der Waals surface area contributed by atoms with E-state index in [1.165, 1.54) is 0 Å². The van der Waals surface area contributed by atoms with Crippen LogP contribution in [-0.2, 0) is 6.54 Å². The minimum Gasteiger partial charge on any atom is -0.378 e. The van der Waals surface area contributed by atoms with Gasteiger partial charge in [0.15, 0.2) is 0 Å². The molecule has 0 saturated heterocycles. The maximum atomic E-state index is 12.2. The highest BCUT2D eigenvalue weighted by molar-refractivity contribution is 5.92. The molecule has 2 heterocycles. The number of anilines is 3. The summed E-state index contributed by atoms with van der Waals surface area (Å²) in [6.07, 6.45) is 3.35. The first-order valence-corrected chi connectivity index (χ1v) is 8.30. The molecule has 0 spiro atoms. The number of amides is 1. The highest BCUT2D eigenvalue weighted by Gasteiger charge is 2.07. The summed E-state index contributed by atoms with van der Waals surface area (Å²) < 4.78 is 0. The molecule has 0 aliphatic rings. The van der Waals surface area contributed by atoms with Gasteiger partial charge in [-0.2, -0.15) is 0 Å². The van der Waals surface area contributed by atoms with Crippen molar-refractivity contribution in [2.45, 2.75) is 6.54 Å². The van der Waals surface area contributed by atoms with Crippen LogP contribution in [0.2, 0.25) is 0 Å². The van der Waals surface area contributed by atoms with Crippen LogP contribution in [0.5, 0.6) is 0 Å². The predicted octanol–water partition coefficient (Wildman–Crippen LogP) is 3.22. The minimum absolute atomic E-state index is 0.225. The molecule has 2 aromatic heterocycles. The molecule has 0 fully saturated rings. The fourth-order valence-corrected chi connectivity index (χ4v) is 2.38. The second-order valence-corrected chi connectivity index (χ2v) is 6.00. The van der Waals surface area contributed by atoms with Crippen LogP contribution in [0.15, 0.2) is 67.0 Å². The molecule has 6 heteroatoms. The van der Waals surface area contributed by atoms with E-state index in [2.05, 4.69) is 20.6 Å². The summed E-state index contributed by atoms with van der Waals surface area (Å²) in [5, 5.41) is 6.08. The summed E-state index contributed by atoms with van der Waals surface area (Å²) in [5.74, 6) is -0.225. The molecule has 1 amide bonds. The van der Waals surface area contributed by atoms with Crippen molar-refractivity contribution in [1.29, 1.82) is 0 Å². The van der Waals surface area contributed by atoms with Crippen LogP contribution < -0.4 is 15.5 Å². The lowest BCUT2D eigenvalue weighted by Crippen LogP contribution is -2.24. The van der Waals surface area contributed by atoms with Crippen molar-refractivity contribution in [2.75, 3.05) is 24.3 Å². The number of pyridine rings is 2. The van der Waals surface area contributed by atoms with Gasteiger partial charge in [0.1, 0.15) is 5.69 Å². The van der Waals surface area contributed by atoms with Crippen LogP contribution in [0.3, 0.4) is 0 Å². The van der Waals surface area contributed by atoms with Crippen molar-refractivity contribution in [3.63, 3.8) is 0 Å². The number of hydrogen-bond donors (Lipinski definition) is 2. The summed E-state index contributed by atoms with van der Waals surface area (Å²) in [5.41, 5.74) is 4.09. The fourth-order valence-electron chi connectivity index (χ4n) is 2.38. The zero-order chi connectivity index (χ0) is 18.4. The summed E-state index contributed by atoms with van der Waals surface area (Å²) >= 11 is 0. The van der Waals surface area contributed by atoms with Gasteiger partial charge in [-0.25, -0.2) is 4.98 Å². The molecule has 0 radical (unpaired) electrons. The third-order valence-corrected chi connectivity index (χ3v) is 3.82. The summed E-state index contributed by atoms with van der Waals surface area (Å²) in [4.78, 5) is 22.6. The van der Waals surface area contributed by atoms with Gasteiger partial charge in [0.25, 0.3) is 5.91 Å². The largest absolute Gasteiger partial charge is 0.378 e. The topological polar surface area (TPSA) is 70.2 Å². The van der Waals surface area contributed by atoms with Crippen molar-refractivity contribution in [2.24, 2.45) is 0 Å². The van der Waals surface area contributed by atoms with Crippen LogP contribution >= 0.6 is 0 Å². The summed E-state index contributed by atoms with van der Waals surface area (Å²) in [7, 11) is 4.01. The van der Waals surface area contributed by atoms with E-state index in [-0.39, 0.29) is 5.91 Å². The zero-order valence-electron chi connectivity index (χ0n) is 14.8. The Kier molecular flexibility index (Phi) is 5.43. The SMILES string of the molecule is CN(C)c1ccc(Nc2ccc(C(=O)NCc3ccccn3)nc2)cc1. The van der Waals surface area contributed by atoms with Gasteiger partial charge in [0.2, 0.25) is 0 Å². The number of nitrogens with one attached hydrogen (secondary N) is 2. The molecule has 0 bridgehead atoms. The lowest BCUT2D eigenvalue weighted by atomic mass is 10.2. The van der Waals surface area contributed by atoms with E-state index >= 15 is 0 Å². The Labute approximate surface area is 152 Å². The summed E-state index contributed by atoms with van der Waals surface area (Å²) in [6.45, 7) is 0.375. The van der Waals surface area contributed by atoms with E-state index in [0.717, 1.165) is 22.8 Å². The predicted molar refractivity (Wildman–Crippen MR) is 104 cm³/mol. The average molecular weight is 347 g/mol. The number of carbonyl (C=O) groups is 1. The quantitative estimate of drug-likeness (QED) is 0.716. The molecule has 132 valence electrons. The highest BCUT2D eigenvalue weighted by Crippen LogP contribution is 2.19. The number of hydrogen-bond acceptors (Lipinski definition) is 5. The van der Waals surface area contributed by atoms with Gasteiger partial charge in [0, 0.05) is 31.7 Å². The first-order chi connectivity index (χ1) is 12.6. The van der Waals surface area contributed by atoms with E-state index in [1.807, 2.05) is 67.5 Å². The van der Waals surface area contributed by atoms with Gasteiger partial charge in [-0.1, -0.05) is 6.07 Å². The molecule has 0 saturated carbocycles. The maximum Gasteiger partial charge on any atom is 0.270 e. The van der Waals surface area contributed by atoms with Crippen molar-refractivity contribution >= 4 is 23.0 Å². The van der Waals surface area contributed by atoms with E-state index in [0.29, 0.717) is 12.2 Å². The molecular formula is C20H21N5O. The van der Waals surface area contributed by atoms with Gasteiger partial charge >= 0.3 is 0 Å². The standard InChI is InChI=1S/C20H21N5O/c1-25(2)18-9-6-15(7-10-18)24-17-8-11-19(22-14-17)20(26)23-13-16-5-3-4-12-21-16/h3-12,14,24H,13H2,1-2H3,(H,23,26). The Morgan fingerprint density at radius 3 is 2.35 bits per heavy atom. The van der Waals surface area contributed by atoms with E-state index in [9.17, 15) is 4.79 Å². The zero-order valence-corrected chi connectivity index (χ0v) is 14.8. The monoisotopic (exact) mass is 347 g/mol. The molecule has 0 aliphatic carbocycles. The van der Waals surface area contributed by atoms with Crippen LogP contribution in [0.1, 0.15) is 16.2 Å². The Morgan fingerprint density at radius 2 is 1.73 bits per heavy atom. The van der Waals surface area contributed by atoms with Crippen LogP contribution in [0.4, 0.5) is 17.1 Å². The van der Waals surface area contributed by atoms with Gasteiger partial charge in [-0.15, -0.1) is 0 Å². The molecule has 3 rings (SSSR count). The molecule has 26 heavy (non-hydrogen) atoms. The molecular weight excluding hydrogens is 326 g/mol. The number of aromatic nitrogens is 2. The number of benzene rings is 1. The third kappa shape index (κ3) is 4.57. The molecule has 3 aromatic rings.